The molecule has 0 amide bonds. The van der Waals surface area contributed by atoms with Crippen molar-refractivity contribution in [2.75, 3.05) is 24.7 Å². The second kappa shape index (κ2) is 7.20. The zero-order valence-electron chi connectivity index (χ0n) is 10.7. The van der Waals surface area contributed by atoms with Gasteiger partial charge in [0.2, 0.25) is 0 Å². The summed E-state index contributed by atoms with van der Waals surface area (Å²) in [5.41, 5.74) is 1.09. The molecule has 1 fully saturated rings. The van der Waals surface area contributed by atoms with E-state index in [4.69, 9.17) is 5.11 Å². The van der Waals surface area contributed by atoms with Gasteiger partial charge in [0.15, 0.2) is 0 Å². The summed E-state index contributed by atoms with van der Waals surface area (Å²) in [6.07, 6.45) is 0.561. The Labute approximate surface area is 117 Å². The number of aliphatic hydroxyl groups is 1. The maximum absolute atomic E-state index is 8.69. The number of hydrogen-bond donors (Lipinski definition) is 1. The molecule has 1 aliphatic heterocycles. The van der Waals surface area contributed by atoms with Crippen LogP contribution in [0.5, 0.6) is 0 Å². The molecule has 0 radical (unpaired) electrons. The molecule has 1 aliphatic rings. The third-order valence-corrected chi connectivity index (χ3v) is 5.10. The van der Waals surface area contributed by atoms with E-state index in [9.17, 15) is 0 Å². The van der Waals surface area contributed by atoms with Gasteiger partial charge in [-0.25, -0.2) is 0 Å². The van der Waals surface area contributed by atoms with Crippen LogP contribution < -0.4 is 0 Å². The lowest BCUT2D eigenvalue weighted by atomic mass is 10.2. The Morgan fingerprint density at radius 2 is 2.44 bits per heavy atom. The predicted octanol–water partition coefficient (Wildman–Crippen LogP) is 2.42. The fraction of sp³-hybridized carbons (Fsp3) is 0.571. The Morgan fingerprint density at radius 1 is 1.56 bits per heavy atom. The number of rotatable bonds is 3. The van der Waals surface area contributed by atoms with Crippen LogP contribution in [-0.4, -0.2) is 40.7 Å². The third kappa shape index (κ3) is 4.03. The SMILES string of the molecule is CC1CSCCN1Cc1cc(C#CCCO)cs1. The van der Waals surface area contributed by atoms with Crippen molar-refractivity contribution >= 4 is 23.1 Å². The molecular weight excluding hydrogens is 262 g/mol. The van der Waals surface area contributed by atoms with Gasteiger partial charge in [-0.05, 0) is 13.0 Å². The van der Waals surface area contributed by atoms with E-state index in [1.807, 2.05) is 0 Å². The number of hydrogen-bond acceptors (Lipinski definition) is 4. The number of thiophene rings is 1. The van der Waals surface area contributed by atoms with Gasteiger partial charge in [0, 0.05) is 52.9 Å². The monoisotopic (exact) mass is 281 g/mol. The van der Waals surface area contributed by atoms with Crippen molar-refractivity contribution in [1.29, 1.82) is 0 Å². The molecule has 1 aromatic rings. The van der Waals surface area contributed by atoms with Crippen molar-refractivity contribution in [3.8, 4) is 11.8 Å². The van der Waals surface area contributed by atoms with Crippen LogP contribution in [-0.2, 0) is 6.54 Å². The zero-order chi connectivity index (χ0) is 12.8. The van der Waals surface area contributed by atoms with Crippen molar-refractivity contribution in [2.24, 2.45) is 0 Å². The molecule has 2 heterocycles. The molecule has 0 aromatic carbocycles. The van der Waals surface area contributed by atoms with Gasteiger partial charge in [0.1, 0.15) is 0 Å². The van der Waals surface area contributed by atoms with Crippen LogP contribution in [0, 0.1) is 11.8 Å². The first-order valence-corrected chi connectivity index (χ1v) is 8.32. The molecule has 0 saturated carbocycles. The number of thioether (sulfide) groups is 1. The van der Waals surface area contributed by atoms with E-state index in [0.29, 0.717) is 12.5 Å². The highest BCUT2D eigenvalue weighted by atomic mass is 32.2. The predicted molar refractivity (Wildman–Crippen MR) is 80.1 cm³/mol. The van der Waals surface area contributed by atoms with E-state index in [2.05, 4.69) is 46.9 Å². The average Bonchev–Trinajstić information content (AvgIpc) is 2.80. The van der Waals surface area contributed by atoms with Crippen molar-refractivity contribution in [2.45, 2.75) is 25.9 Å². The molecule has 1 unspecified atom stereocenters. The quantitative estimate of drug-likeness (QED) is 0.861. The first-order chi connectivity index (χ1) is 8.79. The van der Waals surface area contributed by atoms with Crippen LogP contribution in [0.2, 0.25) is 0 Å². The van der Waals surface area contributed by atoms with Crippen LogP contribution in [0.15, 0.2) is 11.4 Å². The first-order valence-electron chi connectivity index (χ1n) is 6.28. The third-order valence-electron chi connectivity index (χ3n) is 2.99. The van der Waals surface area contributed by atoms with E-state index in [1.54, 1.807) is 11.3 Å². The molecule has 2 nitrogen and oxygen atoms in total. The Morgan fingerprint density at radius 3 is 3.22 bits per heavy atom. The lowest BCUT2D eigenvalue weighted by Gasteiger charge is -2.32. The summed E-state index contributed by atoms with van der Waals surface area (Å²) in [5, 5.41) is 10.8. The molecule has 1 atom stereocenters. The van der Waals surface area contributed by atoms with Crippen molar-refractivity contribution < 1.29 is 5.11 Å². The van der Waals surface area contributed by atoms with E-state index in [0.717, 1.165) is 12.1 Å². The average molecular weight is 281 g/mol. The smallest absolute Gasteiger partial charge is 0.0540 e. The summed E-state index contributed by atoms with van der Waals surface area (Å²) < 4.78 is 0. The van der Waals surface area contributed by atoms with Gasteiger partial charge >= 0.3 is 0 Å². The fourth-order valence-corrected chi connectivity index (χ4v) is 3.87. The van der Waals surface area contributed by atoms with Gasteiger partial charge < -0.3 is 5.11 Å². The minimum absolute atomic E-state index is 0.146. The summed E-state index contributed by atoms with van der Waals surface area (Å²) in [5.74, 6) is 8.55. The molecule has 18 heavy (non-hydrogen) atoms. The lowest BCUT2D eigenvalue weighted by Crippen LogP contribution is -2.39. The molecule has 98 valence electrons. The van der Waals surface area contributed by atoms with E-state index in [-0.39, 0.29) is 6.61 Å². The van der Waals surface area contributed by atoms with E-state index in [1.165, 1.54) is 22.9 Å². The number of nitrogens with zero attached hydrogens (tertiary/aromatic N) is 1. The summed E-state index contributed by atoms with van der Waals surface area (Å²) in [6, 6.07) is 2.86. The van der Waals surface area contributed by atoms with Crippen LogP contribution in [0.25, 0.3) is 0 Å². The molecular formula is C14H19NOS2. The van der Waals surface area contributed by atoms with Gasteiger partial charge in [-0.1, -0.05) is 11.8 Å². The standard InChI is InChI=1S/C14H19NOS2/c1-12-10-17-7-5-15(12)9-14-8-13(11-18-14)4-2-3-6-16/h8,11-12,16H,3,5-7,9-10H2,1H3. The summed E-state index contributed by atoms with van der Waals surface area (Å²) in [7, 11) is 0. The second-order valence-electron chi connectivity index (χ2n) is 4.47. The fourth-order valence-electron chi connectivity index (χ4n) is 1.95. The molecule has 0 spiro atoms. The first kappa shape index (κ1) is 14.0. The maximum atomic E-state index is 8.69. The van der Waals surface area contributed by atoms with Crippen molar-refractivity contribution in [1.82, 2.24) is 4.90 Å². The Balaban J connectivity index is 1.92. The number of aliphatic hydroxyl groups excluding tert-OH is 1. The highest BCUT2D eigenvalue weighted by molar-refractivity contribution is 7.99. The highest BCUT2D eigenvalue weighted by Gasteiger charge is 2.18. The molecule has 1 saturated heterocycles. The maximum Gasteiger partial charge on any atom is 0.0540 e. The molecule has 2 rings (SSSR count). The van der Waals surface area contributed by atoms with Crippen LogP contribution in [0.3, 0.4) is 0 Å². The lowest BCUT2D eigenvalue weighted by molar-refractivity contribution is 0.226. The molecule has 1 aromatic heterocycles. The Kier molecular flexibility index (Phi) is 5.58. The molecule has 1 N–H and O–H groups in total. The van der Waals surface area contributed by atoms with Gasteiger partial charge in [0.05, 0.1) is 6.61 Å². The summed E-state index contributed by atoms with van der Waals surface area (Å²) in [6.45, 7) is 4.69. The molecule has 4 heteroatoms. The minimum Gasteiger partial charge on any atom is -0.395 e. The minimum atomic E-state index is 0.146. The van der Waals surface area contributed by atoms with E-state index < -0.39 is 0 Å². The normalized spacial score (nSPS) is 20.4. The largest absolute Gasteiger partial charge is 0.395 e. The van der Waals surface area contributed by atoms with Crippen LogP contribution in [0.4, 0.5) is 0 Å². The molecule has 0 bridgehead atoms. The van der Waals surface area contributed by atoms with Gasteiger partial charge in [-0.3, -0.25) is 4.90 Å². The topological polar surface area (TPSA) is 23.5 Å². The summed E-state index contributed by atoms with van der Waals surface area (Å²) in [4.78, 5) is 3.94. The highest BCUT2D eigenvalue weighted by Crippen LogP contribution is 2.21. The van der Waals surface area contributed by atoms with Crippen LogP contribution in [0.1, 0.15) is 23.8 Å². The van der Waals surface area contributed by atoms with E-state index >= 15 is 0 Å². The second-order valence-corrected chi connectivity index (χ2v) is 6.62. The van der Waals surface area contributed by atoms with Crippen LogP contribution >= 0.6 is 23.1 Å². The van der Waals surface area contributed by atoms with Gasteiger partial charge in [-0.2, -0.15) is 11.8 Å². The van der Waals surface area contributed by atoms with Crippen molar-refractivity contribution in [3.63, 3.8) is 0 Å². The van der Waals surface area contributed by atoms with Crippen molar-refractivity contribution in [3.05, 3.63) is 21.9 Å². The summed E-state index contributed by atoms with van der Waals surface area (Å²) >= 11 is 3.84. The Bertz CT molecular complexity index is 432. The Hall–Kier alpha value is -0.470. The van der Waals surface area contributed by atoms with Gasteiger partial charge in [-0.15, -0.1) is 11.3 Å². The van der Waals surface area contributed by atoms with Gasteiger partial charge in [0.25, 0.3) is 0 Å². The molecule has 0 aliphatic carbocycles. The zero-order valence-corrected chi connectivity index (χ0v) is 12.3.